The average Bonchev–Trinajstić information content (AvgIpc) is 3.04. The van der Waals surface area contributed by atoms with Gasteiger partial charge in [-0.05, 0) is 25.1 Å². The molecule has 0 atom stereocenters. The van der Waals surface area contributed by atoms with Crippen molar-refractivity contribution in [2.24, 2.45) is 0 Å². The molecule has 0 radical (unpaired) electrons. The first-order valence-corrected chi connectivity index (χ1v) is 6.53. The number of aryl methyl sites for hydroxylation is 1. The summed E-state index contributed by atoms with van der Waals surface area (Å²) in [6.45, 7) is 2.63. The van der Waals surface area contributed by atoms with Crippen molar-refractivity contribution in [3.8, 4) is 0 Å². The van der Waals surface area contributed by atoms with Crippen molar-refractivity contribution in [3.63, 3.8) is 0 Å². The quantitative estimate of drug-likeness (QED) is 0.544. The predicted molar refractivity (Wildman–Crippen MR) is 76.3 cm³/mol. The average molecular weight is 287 g/mol. The number of benzene rings is 1. The second-order valence-electron chi connectivity index (χ2n) is 4.60. The molecule has 0 amide bonds. The van der Waals surface area contributed by atoms with Crippen LogP contribution in [0.1, 0.15) is 12.7 Å². The highest BCUT2D eigenvalue weighted by Gasteiger charge is 2.16. The molecule has 3 rings (SSSR count). The van der Waals surface area contributed by atoms with E-state index in [4.69, 9.17) is 4.42 Å². The van der Waals surface area contributed by atoms with Gasteiger partial charge in [0.15, 0.2) is 0 Å². The lowest BCUT2D eigenvalue weighted by atomic mass is 10.3. The Balaban J connectivity index is 2.09. The zero-order valence-corrected chi connectivity index (χ0v) is 11.4. The van der Waals surface area contributed by atoms with Gasteiger partial charge in [-0.25, -0.2) is 4.79 Å². The first kappa shape index (κ1) is 13.2. The molecular formula is C14H13N3O4. The molecule has 7 heteroatoms. The minimum Gasteiger partial charge on any atom is -0.404 e. The Bertz CT molecular complexity index is 872. The number of hydrogen-bond donors (Lipinski definition) is 0. The number of nitro groups is 1. The molecule has 0 unspecified atom stereocenters. The van der Waals surface area contributed by atoms with Gasteiger partial charge >= 0.3 is 11.6 Å². The van der Waals surface area contributed by atoms with Crippen LogP contribution in [0.15, 0.2) is 45.6 Å². The van der Waals surface area contributed by atoms with E-state index in [-0.39, 0.29) is 18.1 Å². The molecule has 0 spiro atoms. The molecule has 1 aromatic carbocycles. The standard InChI is InChI=1S/C14H13N3O4/c1-2-15-11-5-3-4-6-12(11)16(14(15)18)9-10-7-8-13(21-10)17(19)20/h3-8H,2,9H2,1H3. The van der Waals surface area contributed by atoms with Crippen molar-refractivity contribution in [2.75, 3.05) is 0 Å². The number of aromatic nitrogens is 2. The molecule has 0 fully saturated rings. The second kappa shape index (κ2) is 4.93. The largest absolute Gasteiger partial charge is 0.433 e. The molecule has 0 saturated carbocycles. The van der Waals surface area contributed by atoms with Crippen LogP contribution in [-0.2, 0) is 13.1 Å². The minimum absolute atomic E-state index is 0.155. The van der Waals surface area contributed by atoms with E-state index in [0.29, 0.717) is 12.3 Å². The Kier molecular flexibility index (Phi) is 3.09. The van der Waals surface area contributed by atoms with E-state index >= 15 is 0 Å². The lowest BCUT2D eigenvalue weighted by molar-refractivity contribution is -0.402. The lowest BCUT2D eigenvalue weighted by Gasteiger charge is -1.99. The van der Waals surface area contributed by atoms with Crippen LogP contribution in [0.3, 0.4) is 0 Å². The fraction of sp³-hybridized carbons (Fsp3) is 0.214. The molecule has 7 nitrogen and oxygen atoms in total. The van der Waals surface area contributed by atoms with Crippen molar-refractivity contribution in [1.82, 2.24) is 9.13 Å². The first-order chi connectivity index (χ1) is 10.1. The van der Waals surface area contributed by atoms with Gasteiger partial charge in [-0.3, -0.25) is 19.2 Å². The van der Waals surface area contributed by atoms with Crippen LogP contribution < -0.4 is 5.69 Å². The number of imidazole rings is 1. The summed E-state index contributed by atoms with van der Waals surface area (Å²) in [6.07, 6.45) is 0. The summed E-state index contributed by atoms with van der Waals surface area (Å²) in [5.74, 6) is 0.0556. The number of rotatable bonds is 4. The Morgan fingerprint density at radius 3 is 2.38 bits per heavy atom. The van der Waals surface area contributed by atoms with Gasteiger partial charge < -0.3 is 4.42 Å². The van der Waals surface area contributed by atoms with Gasteiger partial charge in [0, 0.05) is 6.54 Å². The maximum absolute atomic E-state index is 12.4. The number of nitrogens with zero attached hydrogens (tertiary/aromatic N) is 3. The Hall–Kier alpha value is -2.83. The third-order valence-electron chi connectivity index (χ3n) is 3.38. The van der Waals surface area contributed by atoms with E-state index in [1.807, 2.05) is 31.2 Å². The molecule has 3 aromatic rings. The summed E-state index contributed by atoms with van der Waals surface area (Å²) < 4.78 is 8.34. The molecule has 2 heterocycles. The highest BCUT2D eigenvalue weighted by molar-refractivity contribution is 5.76. The molecule has 108 valence electrons. The summed E-state index contributed by atoms with van der Waals surface area (Å²) in [6, 6.07) is 10.3. The second-order valence-corrected chi connectivity index (χ2v) is 4.60. The van der Waals surface area contributed by atoms with Crippen LogP contribution >= 0.6 is 0 Å². The first-order valence-electron chi connectivity index (χ1n) is 6.53. The highest BCUT2D eigenvalue weighted by atomic mass is 16.6. The van der Waals surface area contributed by atoms with Gasteiger partial charge in [0.05, 0.1) is 23.6 Å². The van der Waals surface area contributed by atoms with Crippen LogP contribution in [0.5, 0.6) is 0 Å². The van der Waals surface area contributed by atoms with E-state index in [1.54, 1.807) is 9.13 Å². The van der Waals surface area contributed by atoms with E-state index in [9.17, 15) is 14.9 Å². The van der Waals surface area contributed by atoms with E-state index in [1.165, 1.54) is 12.1 Å². The van der Waals surface area contributed by atoms with Gasteiger partial charge in [0.25, 0.3) is 0 Å². The zero-order chi connectivity index (χ0) is 15.0. The smallest absolute Gasteiger partial charge is 0.404 e. The van der Waals surface area contributed by atoms with E-state index < -0.39 is 4.92 Å². The van der Waals surface area contributed by atoms with Gasteiger partial charge in [-0.1, -0.05) is 12.1 Å². The molecule has 0 aliphatic rings. The topological polar surface area (TPSA) is 83.2 Å². The third kappa shape index (κ3) is 2.12. The Labute approximate surface area is 119 Å². The maximum Gasteiger partial charge on any atom is 0.433 e. The molecule has 0 aliphatic heterocycles. The van der Waals surface area contributed by atoms with Crippen molar-refractivity contribution >= 4 is 16.9 Å². The third-order valence-corrected chi connectivity index (χ3v) is 3.38. The summed E-state index contributed by atoms with van der Waals surface area (Å²) in [4.78, 5) is 22.5. The number of para-hydroxylation sites is 2. The summed E-state index contributed by atoms with van der Waals surface area (Å²) >= 11 is 0. The maximum atomic E-state index is 12.4. The van der Waals surface area contributed by atoms with Crippen LogP contribution in [0.4, 0.5) is 5.88 Å². The fourth-order valence-corrected chi connectivity index (χ4v) is 2.44. The van der Waals surface area contributed by atoms with Gasteiger partial charge in [0.2, 0.25) is 0 Å². The van der Waals surface area contributed by atoms with Gasteiger partial charge in [-0.2, -0.15) is 0 Å². The van der Waals surface area contributed by atoms with E-state index in [0.717, 1.165) is 11.0 Å². The molecule has 0 bridgehead atoms. The summed E-state index contributed by atoms with van der Waals surface area (Å²) in [5.41, 5.74) is 1.47. The number of hydrogen-bond acceptors (Lipinski definition) is 4. The van der Waals surface area contributed by atoms with Gasteiger partial charge in [0.1, 0.15) is 10.7 Å². The molecule has 2 aromatic heterocycles. The van der Waals surface area contributed by atoms with Crippen molar-refractivity contribution < 1.29 is 9.34 Å². The monoisotopic (exact) mass is 287 g/mol. The van der Waals surface area contributed by atoms with Crippen LogP contribution in [0.2, 0.25) is 0 Å². The normalized spacial score (nSPS) is 11.1. The van der Waals surface area contributed by atoms with E-state index in [2.05, 4.69) is 0 Å². The molecule has 0 aliphatic carbocycles. The summed E-state index contributed by atoms with van der Waals surface area (Å²) in [5, 5.41) is 10.6. The fourth-order valence-electron chi connectivity index (χ4n) is 2.44. The molecule has 21 heavy (non-hydrogen) atoms. The Morgan fingerprint density at radius 2 is 1.81 bits per heavy atom. The van der Waals surface area contributed by atoms with Crippen LogP contribution in [-0.4, -0.2) is 14.1 Å². The minimum atomic E-state index is -0.596. The van der Waals surface area contributed by atoms with Crippen molar-refractivity contribution in [1.29, 1.82) is 0 Å². The molecule has 0 N–H and O–H groups in total. The number of fused-ring (bicyclic) bond motifs is 1. The highest BCUT2D eigenvalue weighted by Crippen LogP contribution is 2.19. The predicted octanol–water partition coefficient (Wildman–Crippen LogP) is 2.37. The van der Waals surface area contributed by atoms with Crippen molar-refractivity contribution in [3.05, 3.63) is 62.8 Å². The van der Waals surface area contributed by atoms with Crippen LogP contribution in [0, 0.1) is 10.1 Å². The van der Waals surface area contributed by atoms with Gasteiger partial charge in [-0.15, -0.1) is 0 Å². The zero-order valence-electron chi connectivity index (χ0n) is 11.4. The number of furan rings is 1. The van der Waals surface area contributed by atoms with Crippen LogP contribution in [0.25, 0.3) is 11.0 Å². The summed E-state index contributed by atoms with van der Waals surface area (Å²) in [7, 11) is 0. The molecular weight excluding hydrogens is 274 g/mol. The molecule has 0 saturated heterocycles. The Morgan fingerprint density at radius 1 is 1.14 bits per heavy atom. The van der Waals surface area contributed by atoms with Crippen molar-refractivity contribution in [2.45, 2.75) is 20.0 Å². The lowest BCUT2D eigenvalue weighted by Crippen LogP contribution is -2.24. The SMILES string of the molecule is CCn1c(=O)n(Cc2ccc([N+](=O)[O-])o2)c2ccccc21.